The van der Waals surface area contributed by atoms with Gasteiger partial charge < -0.3 is 14.6 Å². The molecule has 2 aromatic rings. The first-order valence-corrected chi connectivity index (χ1v) is 7.13. The normalized spacial score (nSPS) is 12.3. The van der Waals surface area contributed by atoms with Crippen LogP contribution >= 0.6 is 11.3 Å². The van der Waals surface area contributed by atoms with Gasteiger partial charge in [0.1, 0.15) is 0 Å². The Bertz CT molecular complexity index is 563. The number of hydrogen-bond acceptors (Lipinski definition) is 4. The number of anilines is 1. The lowest BCUT2D eigenvalue weighted by atomic mass is 10.2. The first-order valence-electron chi connectivity index (χ1n) is 6.19. The number of nitrogens with zero attached hydrogens (tertiary/aromatic N) is 1. The molecule has 4 nitrogen and oxygen atoms in total. The molecule has 0 saturated carbocycles. The number of methoxy groups -OCH3 is 1. The SMILES string of the molecule is COCCn1cc(NC(C)c2ccsc2)ccc1=O. The van der Waals surface area contributed by atoms with Crippen LogP contribution in [0.25, 0.3) is 0 Å². The van der Waals surface area contributed by atoms with E-state index in [1.807, 2.05) is 12.3 Å². The summed E-state index contributed by atoms with van der Waals surface area (Å²) >= 11 is 1.68. The highest BCUT2D eigenvalue weighted by molar-refractivity contribution is 7.07. The predicted octanol–water partition coefficient (Wildman–Crippen LogP) is 2.73. The molecule has 0 saturated heterocycles. The van der Waals surface area contributed by atoms with Crippen LogP contribution in [0.4, 0.5) is 5.69 Å². The molecule has 0 bridgehead atoms. The first kappa shape index (κ1) is 13.8. The van der Waals surface area contributed by atoms with Crippen LogP contribution in [-0.4, -0.2) is 18.3 Å². The maximum absolute atomic E-state index is 11.7. The Hall–Kier alpha value is -1.59. The minimum Gasteiger partial charge on any atom is -0.383 e. The Morgan fingerprint density at radius 1 is 1.42 bits per heavy atom. The molecule has 2 heterocycles. The van der Waals surface area contributed by atoms with Gasteiger partial charge in [0.25, 0.3) is 5.56 Å². The molecule has 0 radical (unpaired) electrons. The summed E-state index contributed by atoms with van der Waals surface area (Å²) in [4.78, 5) is 11.7. The van der Waals surface area contributed by atoms with Crippen LogP contribution in [0.5, 0.6) is 0 Å². The lowest BCUT2D eigenvalue weighted by Crippen LogP contribution is -2.21. The van der Waals surface area contributed by atoms with E-state index in [1.54, 1.807) is 29.1 Å². The molecule has 102 valence electrons. The highest BCUT2D eigenvalue weighted by atomic mass is 32.1. The van der Waals surface area contributed by atoms with E-state index in [-0.39, 0.29) is 11.6 Å². The van der Waals surface area contributed by atoms with Crippen molar-refractivity contribution in [2.24, 2.45) is 0 Å². The van der Waals surface area contributed by atoms with Gasteiger partial charge in [-0.1, -0.05) is 0 Å². The number of aromatic nitrogens is 1. The van der Waals surface area contributed by atoms with Gasteiger partial charge >= 0.3 is 0 Å². The van der Waals surface area contributed by atoms with E-state index in [9.17, 15) is 4.79 Å². The molecule has 0 aliphatic heterocycles. The van der Waals surface area contributed by atoms with Crippen LogP contribution in [0.3, 0.4) is 0 Å². The van der Waals surface area contributed by atoms with E-state index in [2.05, 4.69) is 29.1 Å². The van der Waals surface area contributed by atoms with Crippen molar-refractivity contribution in [3.63, 3.8) is 0 Å². The lowest BCUT2D eigenvalue weighted by molar-refractivity contribution is 0.186. The van der Waals surface area contributed by atoms with E-state index in [4.69, 9.17) is 4.74 Å². The number of hydrogen-bond donors (Lipinski definition) is 1. The predicted molar refractivity (Wildman–Crippen MR) is 78.9 cm³/mol. The molecule has 0 aliphatic rings. The van der Waals surface area contributed by atoms with Gasteiger partial charge in [-0.15, -0.1) is 0 Å². The van der Waals surface area contributed by atoms with Gasteiger partial charge in [0.15, 0.2) is 0 Å². The van der Waals surface area contributed by atoms with E-state index in [0.29, 0.717) is 13.2 Å². The van der Waals surface area contributed by atoms with Crippen LogP contribution in [0.1, 0.15) is 18.5 Å². The molecule has 1 atom stereocenters. The molecule has 0 aromatic carbocycles. The van der Waals surface area contributed by atoms with E-state index >= 15 is 0 Å². The summed E-state index contributed by atoms with van der Waals surface area (Å²) in [5.41, 5.74) is 2.18. The van der Waals surface area contributed by atoms with Gasteiger partial charge in [-0.25, -0.2) is 0 Å². The second-order valence-electron chi connectivity index (χ2n) is 4.36. The monoisotopic (exact) mass is 278 g/mol. The standard InChI is InChI=1S/C14H18N2O2S/c1-11(12-5-8-19-10-12)15-13-3-4-14(17)16(9-13)6-7-18-2/h3-5,8-11,15H,6-7H2,1-2H3. The molecular formula is C14H18N2O2S. The summed E-state index contributed by atoms with van der Waals surface area (Å²) in [6.07, 6.45) is 1.84. The Kier molecular flexibility index (Phi) is 4.76. The van der Waals surface area contributed by atoms with Gasteiger partial charge in [0.2, 0.25) is 0 Å². The van der Waals surface area contributed by atoms with Crippen molar-refractivity contribution in [1.29, 1.82) is 0 Å². The van der Waals surface area contributed by atoms with Crippen LogP contribution in [0.15, 0.2) is 40.0 Å². The molecule has 1 N–H and O–H groups in total. The van der Waals surface area contributed by atoms with Crippen molar-refractivity contribution >= 4 is 17.0 Å². The Morgan fingerprint density at radius 3 is 2.95 bits per heavy atom. The minimum atomic E-state index is -0.00853. The number of nitrogens with one attached hydrogen (secondary N) is 1. The number of thiophene rings is 1. The minimum absolute atomic E-state index is 0.00853. The third-order valence-corrected chi connectivity index (χ3v) is 3.65. The highest BCUT2D eigenvalue weighted by Gasteiger charge is 2.06. The molecule has 19 heavy (non-hydrogen) atoms. The quantitative estimate of drug-likeness (QED) is 0.883. The third-order valence-electron chi connectivity index (χ3n) is 2.95. The summed E-state index contributed by atoms with van der Waals surface area (Å²) < 4.78 is 6.66. The number of pyridine rings is 1. The molecule has 1 unspecified atom stereocenters. The van der Waals surface area contributed by atoms with Crippen molar-refractivity contribution < 1.29 is 4.74 Å². The Labute approximate surface area is 116 Å². The average molecular weight is 278 g/mol. The molecule has 0 amide bonds. The molecule has 2 aromatic heterocycles. The highest BCUT2D eigenvalue weighted by Crippen LogP contribution is 2.20. The van der Waals surface area contributed by atoms with Crippen molar-refractivity contribution in [3.05, 3.63) is 51.1 Å². The second kappa shape index (κ2) is 6.54. The van der Waals surface area contributed by atoms with Crippen LogP contribution in [0.2, 0.25) is 0 Å². The fourth-order valence-corrected chi connectivity index (χ4v) is 2.59. The number of rotatable bonds is 6. The molecular weight excluding hydrogens is 260 g/mol. The molecule has 0 spiro atoms. The van der Waals surface area contributed by atoms with Crippen LogP contribution in [-0.2, 0) is 11.3 Å². The van der Waals surface area contributed by atoms with Crippen molar-refractivity contribution in [2.75, 3.05) is 19.0 Å². The van der Waals surface area contributed by atoms with Gasteiger partial charge in [0.05, 0.1) is 12.3 Å². The summed E-state index contributed by atoms with van der Waals surface area (Å²) in [5.74, 6) is 0. The summed E-state index contributed by atoms with van der Waals surface area (Å²) in [6, 6.07) is 5.72. The largest absolute Gasteiger partial charge is 0.383 e. The lowest BCUT2D eigenvalue weighted by Gasteiger charge is -2.15. The zero-order chi connectivity index (χ0) is 13.7. The third kappa shape index (κ3) is 3.68. The van der Waals surface area contributed by atoms with E-state index < -0.39 is 0 Å². The Balaban J connectivity index is 2.10. The first-order chi connectivity index (χ1) is 9.20. The van der Waals surface area contributed by atoms with E-state index in [0.717, 1.165) is 5.69 Å². The molecule has 2 rings (SSSR count). The van der Waals surface area contributed by atoms with Crippen molar-refractivity contribution in [2.45, 2.75) is 19.5 Å². The molecule has 0 fully saturated rings. The molecule has 0 aliphatic carbocycles. The van der Waals surface area contributed by atoms with Crippen LogP contribution in [0, 0.1) is 0 Å². The molecule has 5 heteroatoms. The summed E-state index contributed by atoms with van der Waals surface area (Å²) in [6.45, 7) is 3.20. The zero-order valence-electron chi connectivity index (χ0n) is 11.1. The zero-order valence-corrected chi connectivity index (χ0v) is 11.9. The number of ether oxygens (including phenoxy) is 1. The van der Waals surface area contributed by atoms with Gasteiger partial charge in [-0.3, -0.25) is 4.79 Å². The second-order valence-corrected chi connectivity index (χ2v) is 5.14. The average Bonchev–Trinajstić information content (AvgIpc) is 2.93. The van der Waals surface area contributed by atoms with Gasteiger partial charge in [-0.05, 0) is 35.4 Å². The Morgan fingerprint density at radius 2 is 2.26 bits per heavy atom. The topological polar surface area (TPSA) is 43.3 Å². The fourth-order valence-electron chi connectivity index (χ4n) is 1.84. The van der Waals surface area contributed by atoms with Gasteiger partial charge in [0, 0.05) is 32.0 Å². The summed E-state index contributed by atoms with van der Waals surface area (Å²) in [5, 5.41) is 7.58. The van der Waals surface area contributed by atoms with Crippen molar-refractivity contribution in [1.82, 2.24) is 4.57 Å². The van der Waals surface area contributed by atoms with E-state index in [1.165, 1.54) is 5.56 Å². The smallest absolute Gasteiger partial charge is 0.250 e. The maximum atomic E-state index is 11.7. The van der Waals surface area contributed by atoms with Crippen LogP contribution < -0.4 is 10.9 Å². The fraction of sp³-hybridized carbons (Fsp3) is 0.357. The van der Waals surface area contributed by atoms with Crippen molar-refractivity contribution in [3.8, 4) is 0 Å². The summed E-state index contributed by atoms with van der Waals surface area (Å²) in [7, 11) is 1.63. The van der Waals surface area contributed by atoms with Gasteiger partial charge in [-0.2, -0.15) is 11.3 Å². The maximum Gasteiger partial charge on any atom is 0.250 e.